The molecule has 0 aliphatic carbocycles. The zero-order valence-electron chi connectivity index (χ0n) is 10.4. The lowest BCUT2D eigenvalue weighted by atomic mass is 10.1. The minimum Gasteiger partial charge on any atom is -0.275 e. The van der Waals surface area contributed by atoms with E-state index >= 15 is 0 Å². The second-order valence-electron chi connectivity index (χ2n) is 4.06. The number of nitrogens with one attached hydrogen (secondary N) is 1. The van der Waals surface area contributed by atoms with Gasteiger partial charge in [0.05, 0.1) is 21.4 Å². The normalized spacial score (nSPS) is 11.6. The number of hydrogen-bond donors (Lipinski definition) is 1. The summed E-state index contributed by atoms with van der Waals surface area (Å²) in [5.41, 5.74) is 5.23. The van der Waals surface area contributed by atoms with Gasteiger partial charge in [-0.2, -0.15) is 5.10 Å². The van der Waals surface area contributed by atoms with Crippen molar-refractivity contribution >= 4 is 62.1 Å². The van der Waals surface area contributed by atoms with Crippen molar-refractivity contribution in [3.63, 3.8) is 0 Å². The van der Waals surface area contributed by atoms with Crippen molar-refractivity contribution in [1.82, 2.24) is 0 Å². The molecule has 20 heavy (non-hydrogen) atoms. The molecule has 0 heterocycles. The van der Waals surface area contributed by atoms with Crippen LogP contribution in [0.4, 0.5) is 5.69 Å². The number of hydrogen-bond acceptors (Lipinski definition) is 2. The van der Waals surface area contributed by atoms with Crippen molar-refractivity contribution in [3.8, 4) is 0 Å². The first-order chi connectivity index (χ1) is 9.47. The predicted octanol–water partition coefficient (Wildman–Crippen LogP) is 6.25. The minimum absolute atomic E-state index is 0.426. The van der Waals surface area contributed by atoms with Crippen LogP contribution in [0.25, 0.3) is 0 Å². The van der Waals surface area contributed by atoms with Crippen LogP contribution in [0.5, 0.6) is 0 Å². The van der Waals surface area contributed by atoms with E-state index < -0.39 is 0 Å². The Morgan fingerprint density at radius 1 is 1.05 bits per heavy atom. The summed E-state index contributed by atoms with van der Waals surface area (Å²) in [6, 6.07) is 11.1. The van der Waals surface area contributed by atoms with E-state index in [1.807, 2.05) is 31.2 Å². The Morgan fingerprint density at radius 3 is 2.15 bits per heavy atom. The van der Waals surface area contributed by atoms with Crippen LogP contribution in [0.2, 0.25) is 15.1 Å². The van der Waals surface area contributed by atoms with Crippen LogP contribution in [0.3, 0.4) is 0 Å². The lowest BCUT2D eigenvalue weighted by Crippen LogP contribution is -2.00. The Kier molecular flexibility index (Phi) is 5.33. The molecule has 0 fully saturated rings. The van der Waals surface area contributed by atoms with E-state index in [9.17, 15) is 0 Å². The molecule has 0 saturated heterocycles. The van der Waals surface area contributed by atoms with Crippen LogP contribution in [0.15, 0.2) is 46.0 Å². The number of halogens is 4. The van der Waals surface area contributed by atoms with E-state index in [0.29, 0.717) is 20.8 Å². The molecule has 0 aliphatic rings. The van der Waals surface area contributed by atoms with Crippen LogP contribution in [0.1, 0.15) is 12.5 Å². The number of benzene rings is 2. The van der Waals surface area contributed by atoms with Crippen molar-refractivity contribution in [3.05, 3.63) is 61.5 Å². The monoisotopic (exact) mass is 390 g/mol. The standard InChI is InChI=1S/C14H10BrCl3N2/c1-8(9-2-4-10(15)5-3-9)19-20-14-12(17)6-11(16)7-13(14)18/h2-7,20H,1H3. The number of nitrogens with zero attached hydrogens (tertiary/aromatic N) is 1. The van der Waals surface area contributed by atoms with Crippen molar-refractivity contribution in [1.29, 1.82) is 0 Å². The summed E-state index contributed by atoms with van der Waals surface area (Å²) in [5, 5.41) is 5.62. The molecule has 2 aromatic carbocycles. The van der Waals surface area contributed by atoms with Gasteiger partial charge in [-0.25, -0.2) is 0 Å². The molecular weight excluding hydrogens is 382 g/mol. The molecule has 6 heteroatoms. The molecule has 0 unspecified atom stereocenters. The zero-order valence-corrected chi connectivity index (χ0v) is 14.3. The highest BCUT2D eigenvalue weighted by Gasteiger charge is 2.07. The van der Waals surface area contributed by atoms with Crippen LogP contribution in [-0.4, -0.2) is 5.71 Å². The van der Waals surface area contributed by atoms with Crippen molar-refractivity contribution < 1.29 is 0 Å². The number of anilines is 1. The molecule has 104 valence electrons. The summed E-state index contributed by atoms with van der Waals surface area (Å²) >= 11 is 21.4. The van der Waals surface area contributed by atoms with Gasteiger partial charge in [0.1, 0.15) is 0 Å². The van der Waals surface area contributed by atoms with Gasteiger partial charge < -0.3 is 0 Å². The molecule has 2 aromatic rings. The molecule has 0 amide bonds. The summed E-state index contributed by atoms with van der Waals surface area (Å²) in [6.45, 7) is 1.90. The van der Waals surface area contributed by atoms with Crippen LogP contribution < -0.4 is 5.43 Å². The number of hydrazone groups is 1. The Morgan fingerprint density at radius 2 is 1.60 bits per heavy atom. The molecular formula is C14H10BrCl3N2. The van der Waals surface area contributed by atoms with Crippen molar-refractivity contribution in [2.24, 2.45) is 5.10 Å². The molecule has 2 rings (SSSR count). The van der Waals surface area contributed by atoms with Crippen LogP contribution in [-0.2, 0) is 0 Å². The van der Waals surface area contributed by atoms with E-state index in [2.05, 4.69) is 26.5 Å². The molecule has 1 N–H and O–H groups in total. The van der Waals surface area contributed by atoms with Crippen LogP contribution in [0, 0.1) is 0 Å². The third-order valence-corrected chi connectivity index (χ3v) is 3.95. The van der Waals surface area contributed by atoms with Crippen LogP contribution >= 0.6 is 50.7 Å². The SMILES string of the molecule is CC(=NNc1c(Cl)cc(Cl)cc1Cl)c1ccc(Br)cc1. The van der Waals surface area contributed by atoms with E-state index in [0.717, 1.165) is 15.7 Å². The summed E-state index contributed by atoms with van der Waals surface area (Å²) in [6.07, 6.45) is 0. The highest BCUT2D eigenvalue weighted by atomic mass is 79.9. The lowest BCUT2D eigenvalue weighted by molar-refractivity contribution is 1.32. The van der Waals surface area contributed by atoms with Gasteiger partial charge in [-0.15, -0.1) is 0 Å². The first-order valence-electron chi connectivity index (χ1n) is 5.68. The second kappa shape index (κ2) is 6.81. The smallest absolute Gasteiger partial charge is 0.0935 e. The summed E-state index contributed by atoms with van der Waals surface area (Å²) in [7, 11) is 0. The molecule has 0 aromatic heterocycles. The van der Waals surface area contributed by atoms with Crippen molar-refractivity contribution in [2.45, 2.75) is 6.92 Å². The maximum Gasteiger partial charge on any atom is 0.0935 e. The van der Waals surface area contributed by atoms with Gasteiger partial charge in [0.25, 0.3) is 0 Å². The maximum atomic E-state index is 6.08. The Bertz CT molecular complexity index is 631. The molecule has 0 atom stereocenters. The summed E-state index contributed by atoms with van der Waals surface area (Å²) < 4.78 is 1.02. The highest BCUT2D eigenvalue weighted by Crippen LogP contribution is 2.33. The van der Waals surface area contributed by atoms with Gasteiger partial charge >= 0.3 is 0 Å². The molecule has 0 spiro atoms. The van der Waals surface area contributed by atoms with E-state index in [-0.39, 0.29) is 0 Å². The predicted molar refractivity (Wildman–Crippen MR) is 91.4 cm³/mol. The maximum absolute atomic E-state index is 6.08. The lowest BCUT2D eigenvalue weighted by Gasteiger charge is -2.08. The van der Waals surface area contributed by atoms with Gasteiger partial charge in [-0.1, -0.05) is 62.9 Å². The Labute approximate surface area is 140 Å². The Balaban J connectivity index is 2.23. The summed E-state index contributed by atoms with van der Waals surface area (Å²) in [4.78, 5) is 0. The molecule has 2 nitrogen and oxygen atoms in total. The van der Waals surface area contributed by atoms with Gasteiger partial charge in [0.2, 0.25) is 0 Å². The molecule has 0 bridgehead atoms. The third-order valence-electron chi connectivity index (χ3n) is 2.60. The van der Waals surface area contributed by atoms with Gasteiger partial charge in [-0.3, -0.25) is 5.43 Å². The van der Waals surface area contributed by atoms with E-state index in [4.69, 9.17) is 34.8 Å². The van der Waals surface area contributed by atoms with Crippen molar-refractivity contribution in [2.75, 3.05) is 5.43 Å². The van der Waals surface area contributed by atoms with Gasteiger partial charge in [-0.05, 0) is 36.8 Å². The van der Waals surface area contributed by atoms with Gasteiger partial charge in [0.15, 0.2) is 0 Å². The summed E-state index contributed by atoms with van der Waals surface area (Å²) in [5.74, 6) is 0. The quantitative estimate of drug-likeness (QED) is 0.485. The molecule has 0 aliphatic heterocycles. The first-order valence-corrected chi connectivity index (χ1v) is 7.61. The molecule has 0 saturated carbocycles. The van der Waals surface area contributed by atoms with E-state index in [1.54, 1.807) is 12.1 Å². The second-order valence-corrected chi connectivity index (χ2v) is 6.23. The zero-order chi connectivity index (χ0) is 14.7. The Hall–Kier alpha value is -0.740. The number of rotatable bonds is 3. The topological polar surface area (TPSA) is 24.4 Å². The fourth-order valence-electron chi connectivity index (χ4n) is 1.54. The largest absolute Gasteiger partial charge is 0.275 e. The fourth-order valence-corrected chi connectivity index (χ4v) is 2.71. The van der Waals surface area contributed by atoms with E-state index in [1.165, 1.54) is 0 Å². The van der Waals surface area contributed by atoms with Gasteiger partial charge in [0, 0.05) is 9.50 Å². The molecule has 0 radical (unpaired) electrons. The average Bonchev–Trinajstić information content (AvgIpc) is 2.38. The highest BCUT2D eigenvalue weighted by molar-refractivity contribution is 9.10. The fraction of sp³-hybridized carbons (Fsp3) is 0.0714. The third kappa shape index (κ3) is 3.89. The minimum atomic E-state index is 0.426. The average molecular weight is 393 g/mol. The first kappa shape index (κ1) is 15.6.